The molecule has 0 nitrogen and oxygen atoms in total. The Morgan fingerprint density at radius 2 is 0.319 bits per heavy atom. The third-order valence-corrected chi connectivity index (χ3v) is 15.6. The van der Waals surface area contributed by atoms with Crippen molar-refractivity contribution in [3.8, 4) is 33.4 Å². The summed E-state index contributed by atoms with van der Waals surface area (Å²) in [5.41, 5.74) is 34.7. The summed E-state index contributed by atoms with van der Waals surface area (Å²) in [6.45, 7) is 0. The highest BCUT2D eigenvalue weighted by Gasteiger charge is 2.35. The van der Waals surface area contributed by atoms with E-state index in [1.54, 1.807) is 0 Å². The Morgan fingerprint density at radius 1 is 0.153 bits per heavy atom. The molecule has 72 heavy (non-hydrogen) atoms. The highest BCUT2D eigenvalue weighted by molar-refractivity contribution is 6.44. The molecular formula is C72H50. The highest BCUT2D eigenvalue weighted by atomic mass is 14.4. The van der Waals surface area contributed by atoms with Crippen molar-refractivity contribution in [2.75, 3.05) is 0 Å². The van der Waals surface area contributed by atoms with E-state index in [9.17, 15) is 0 Å². The smallest absolute Gasteiger partial charge is 0.00139 e. The van der Waals surface area contributed by atoms with E-state index in [0.29, 0.717) is 0 Å². The van der Waals surface area contributed by atoms with Gasteiger partial charge < -0.3 is 0 Å². The summed E-state index contributed by atoms with van der Waals surface area (Å²) < 4.78 is 0. The molecule has 0 heteroatoms. The van der Waals surface area contributed by atoms with Crippen LogP contribution in [-0.4, -0.2) is 0 Å². The van der Waals surface area contributed by atoms with Gasteiger partial charge in [-0.25, -0.2) is 0 Å². The first-order valence-electron chi connectivity index (χ1n) is 25.6. The topological polar surface area (TPSA) is 0 Å². The molecule has 4 aliphatic rings. The molecule has 0 atom stereocenters. The molecule has 10 aromatic rings. The second-order valence-corrected chi connectivity index (χ2v) is 19.7. The molecule has 4 aliphatic carbocycles. The molecule has 14 rings (SSSR count). The van der Waals surface area contributed by atoms with Crippen LogP contribution in [0.3, 0.4) is 0 Å². The molecule has 338 valence electrons. The molecule has 0 aliphatic heterocycles. The number of benzene rings is 10. The van der Waals surface area contributed by atoms with Gasteiger partial charge in [-0.05, 0) is 170 Å². The Hall–Kier alpha value is -8.84. The monoisotopic (exact) mass is 914 g/mol. The fourth-order valence-corrected chi connectivity index (χ4v) is 12.3. The summed E-state index contributed by atoms with van der Waals surface area (Å²) >= 11 is 0. The first kappa shape index (κ1) is 42.1. The van der Waals surface area contributed by atoms with Gasteiger partial charge in [0, 0.05) is 0 Å². The lowest BCUT2D eigenvalue weighted by molar-refractivity contribution is 0.878. The number of rotatable bonds is 10. The van der Waals surface area contributed by atoms with Crippen molar-refractivity contribution < 1.29 is 0 Å². The first-order valence-corrected chi connectivity index (χ1v) is 25.6. The summed E-state index contributed by atoms with van der Waals surface area (Å²) in [4.78, 5) is 0. The van der Waals surface area contributed by atoms with Crippen molar-refractivity contribution in [2.24, 2.45) is 0 Å². The minimum Gasteiger partial charge on any atom is -0.0622 e. The number of hydrogen-bond acceptors (Lipinski definition) is 0. The molecule has 0 spiro atoms. The fourth-order valence-electron chi connectivity index (χ4n) is 12.3. The maximum Gasteiger partial charge on any atom is -0.00139 e. The molecule has 0 saturated carbocycles. The van der Waals surface area contributed by atoms with Crippen LogP contribution in [0.25, 0.3) is 78.0 Å². The number of hydrogen-bond donors (Lipinski definition) is 0. The molecule has 0 saturated heterocycles. The Bertz CT molecular complexity index is 3540. The van der Waals surface area contributed by atoms with Gasteiger partial charge in [0.25, 0.3) is 0 Å². The minimum atomic E-state index is 1.05. The van der Waals surface area contributed by atoms with Crippen molar-refractivity contribution in [3.05, 3.63) is 322 Å². The predicted molar refractivity (Wildman–Crippen MR) is 303 cm³/mol. The molecule has 0 radical (unpaired) electrons. The third kappa shape index (κ3) is 7.05. The predicted octanol–water partition coefficient (Wildman–Crippen LogP) is 18.0. The molecule has 0 fully saturated rings. The van der Waals surface area contributed by atoms with Gasteiger partial charge in [0.1, 0.15) is 0 Å². The van der Waals surface area contributed by atoms with Crippen LogP contribution in [0, 0.1) is 0 Å². The van der Waals surface area contributed by atoms with E-state index in [0.717, 1.165) is 25.7 Å². The van der Waals surface area contributed by atoms with Crippen molar-refractivity contribution >= 4 is 44.6 Å². The Labute approximate surface area is 423 Å². The third-order valence-electron chi connectivity index (χ3n) is 15.6. The molecule has 0 bridgehead atoms. The number of aryl methyl sites for hydroxylation is 4. The average Bonchev–Trinajstić information content (AvgIpc) is 3.44. The van der Waals surface area contributed by atoms with Gasteiger partial charge >= 0.3 is 0 Å². The SMILES string of the molecule is c1ccc(C2=C(c3ccccc3)C(c3ccc(-c4cc5c6c(c4)CCc4cc(-c7ccc(C8=C(c9ccccc9)C(c9ccccc9)=C8c8ccccc8)cc7)cc(c4-6)CC5)cc3)=C2c2ccccc2)cc1. The maximum absolute atomic E-state index is 2.50. The molecular weight excluding hydrogens is 865 g/mol. The normalized spacial score (nSPS) is 14.5. The van der Waals surface area contributed by atoms with Gasteiger partial charge in [-0.15, -0.1) is 0 Å². The molecule has 0 N–H and O–H groups in total. The van der Waals surface area contributed by atoms with E-state index in [2.05, 4.69) is 255 Å². The van der Waals surface area contributed by atoms with Gasteiger partial charge in [-0.1, -0.05) is 255 Å². The van der Waals surface area contributed by atoms with Crippen LogP contribution in [0.5, 0.6) is 0 Å². The second kappa shape index (κ2) is 17.5. The van der Waals surface area contributed by atoms with E-state index in [-0.39, 0.29) is 0 Å². The minimum absolute atomic E-state index is 1.05. The first-order chi connectivity index (χ1) is 35.7. The van der Waals surface area contributed by atoms with Gasteiger partial charge in [0.2, 0.25) is 0 Å². The molecule has 0 unspecified atom stereocenters. The highest BCUT2D eigenvalue weighted by Crippen LogP contribution is 2.58. The van der Waals surface area contributed by atoms with Crippen LogP contribution in [0.2, 0.25) is 0 Å². The average molecular weight is 915 g/mol. The summed E-state index contributed by atoms with van der Waals surface area (Å²) in [5, 5.41) is 0. The zero-order valence-electron chi connectivity index (χ0n) is 40.1. The van der Waals surface area contributed by atoms with E-state index in [1.807, 2.05) is 0 Å². The standard InChI is InChI=1S/C72H50/c1-7-19-49(20-8-1)65-67(51-23-11-3-12-24-51)71(68(65)52-25-13-4-14-26-52)55-35-31-47(32-36-55)61-43-57-39-41-59-45-62(46-60-42-40-58(44-61)63(57)64(59)60)48-33-37-56(38-34-48)72-69(53-27-15-5-16-28-53)66(50-21-9-2-10-22-50)70(72)54-29-17-6-18-30-54/h1-38,43-46H,39-42H2. The Kier molecular flexibility index (Phi) is 10.2. The lowest BCUT2D eigenvalue weighted by Gasteiger charge is -2.33. The van der Waals surface area contributed by atoms with E-state index in [1.165, 1.54) is 145 Å². The maximum atomic E-state index is 2.50. The summed E-state index contributed by atoms with van der Waals surface area (Å²) in [5.74, 6) is 0. The quantitative estimate of drug-likeness (QED) is 0.128. The van der Waals surface area contributed by atoms with Gasteiger partial charge in [0.15, 0.2) is 0 Å². The van der Waals surface area contributed by atoms with Crippen LogP contribution < -0.4 is 0 Å². The van der Waals surface area contributed by atoms with E-state index >= 15 is 0 Å². The van der Waals surface area contributed by atoms with Crippen LogP contribution >= 0.6 is 0 Å². The van der Waals surface area contributed by atoms with Gasteiger partial charge in [-0.2, -0.15) is 0 Å². The van der Waals surface area contributed by atoms with Crippen molar-refractivity contribution in [2.45, 2.75) is 25.7 Å². The van der Waals surface area contributed by atoms with Gasteiger partial charge in [-0.3, -0.25) is 0 Å². The van der Waals surface area contributed by atoms with Crippen LogP contribution in [0.15, 0.2) is 255 Å². The lowest BCUT2D eigenvalue weighted by atomic mass is 9.69. The zero-order valence-corrected chi connectivity index (χ0v) is 40.1. The fraction of sp³-hybridized carbons (Fsp3) is 0.0556. The molecule has 0 heterocycles. The Morgan fingerprint density at radius 3 is 0.514 bits per heavy atom. The largest absolute Gasteiger partial charge is 0.0622 e. The van der Waals surface area contributed by atoms with Crippen LogP contribution in [0.1, 0.15) is 66.8 Å². The molecule has 10 aromatic carbocycles. The summed E-state index contributed by atoms with van der Waals surface area (Å²) in [7, 11) is 0. The van der Waals surface area contributed by atoms with Crippen molar-refractivity contribution in [1.82, 2.24) is 0 Å². The Balaban J connectivity index is 0.786. The molecule has 0 aromatic heterocycles. The zero-order chi connectivity index (χ0) is 47.5. The van der Waals surface area contributed by atoms with Crippen molar-refractivity contribution in [3.63, 3.8) is 0 Å². The molecule has 0 amide bonds. The number of allylic oxidation sites excluding steroid dienone is 8. The second-order valence-electron chi connectivity index (χ2n) is 19.7. The van der Waals surface area contributed by atoms with Crippen LogP contribution in [0.4, 0.5) is 0 Å². The summed E-state index contributed by atoms with van der Waals surface area (Å²) in [6.07, 6.45) is 4.22. The van der Waals surface area contributed by atoms with Crippen LogP contribution in [-0.2, 0) is 25.7 Å². The lowest BCUT2D eigenvalue weighted by Crippen LogP contribution is -2.14. The summed E-state index contributed by atoms with van der Waals surface area (Å²) in [6, 6.07) is 94.4. The van der Waals surface area contributed by atoms with E-state index in [4.69, 9.17) is 0 Å². The van der Waals surface area contributed by atoms with E-state index < -0.39 is 0 Å². The van der Waals surface area contributed by atoms with Gasteiger partial charge in [0.05, 0.1) is 0 Å². The van der Waals surface area contributed by atoms with Crippen molar-refractivity contribution in [1.29, 1.82) is 0 Å².